The molecule has 1 aromatic carbocycles. The van der Waals surface area contributed by atoms with Crippen LogP contribution in [-0.2, 0) is 59.0 Å². The van der Waals surface area contributed by atoms with Gasteiger partial charge in [-0.2, -0.15) is 12.6 Å². The topological polar surface area (TPSA) is 433 Å². The van der Waals surface area contributed by atoms with Gasteiger partial charge >= 0.3 is 35.8 Å². The number of carboxylic acids is 2. The maximum atomic E-state index is 12.1. The number of carbonyl (C=O) groups excluding carboxylic acids is 6. The van der Waals surface area contributed by atoms with Crippen LogP contribution in [0.15, 0.2) is 24.3 Å². The van der Waals surface area contributed by atoms with Crippen LogP contribution in [0.2, 0.25) is 0 Å². The van der Waals surface area contributed by atoms with E-state index in [1.807, 2.05) is 0 Å². The van der Waals surface area contributed by atoms with Gasteiger partial charge in [-0.05, 0) is 37.5 Å². The first kappa shape index (κ1) is 48.2. The molecule has 0 fully saturated rings. The van der Waals surface area contributed by atoms with Crippen molar-refractivity contribution in [2.45, 2.75) is 75.0 Å². The molecule has 0 aliphatic carbocycles. The summed E-state index contributed by atoms with van der Waals surface area (Å²) in [5.41, 5.74) is 42.5. The van der Waals surface area contributed by atoms with Crippen LogP contribution < -0.4 is 45.9 Å². The van der Waals surface area contributed by atoms with E-state index in [4.69, 9.17) is 60.8 Å². The number of aromatic hydroxyl groups is 1. The fourth-order valence-corrected chi connectivity index (χ4v) is 3.04. The second-order valence-corrected chi connectivity index (χ2v) is 10.8. The first-order valence-electron chi connectivity index (χ1n) is 14.6. The van der Waals surface area contributed by atoms with Crippen molar-refractivity contribution in [3.63, 3.8) is 0 Å². The second kappa shape index (κ2) is 25.1. The molecule has 0 unspecified atom stereocenters. The van der Waals surface area contributed by atoms with Crippen molar-refractivity contribution in [1.82, 2.24) is 0 Å². The number of benzene rings is 1. The quantitative estimate of drug-likeness (QED) is 0.0288. The lowest BCUT2D eigenvalue weighted by atomic mass is 10.1. The third kappa shape index (κ3) is 22.4. The molecule has 51 heavy (non-hydrogen) atoms. The molecule has 1 aromatic rings. The third-order valence-electron chi connectivity index (χ3n) is 5.94. The van der Waals surface area contributed by atoms with Gasteiger partial charge in [-0.25, -0.2) is 9.59 Å². The van der Waals surface area contributed by atoms with Crippen LogP contribution in [0.1, 0.15) is 31.7 Å². The normalized spacial score (nSPS) is 14.4. The zero-order valence-corrected chi connectivity index (χ0v) is 28.4. The average Bonchev–Trinajstić information content (AvgIpc) is 3.05. The number of amides is 2. The zero-order valence-electron chi connectivity index (χ0n) is 27.5. The van der Waals surface area contributed by atoms with E-state index in [0.717, 1.165) is 0 Å². The van der Waals surface area contributed by atoms with Gasteiger partial charge in [0.25, 0.3) is 0 Å². The predicted octanol–water partition coefficient (Wildman–Crippen LogP) is -5.34. The van der Waals surface area contributed by atoms with Crippen LogP contribution in [0, 0.1) is 0 Å². The molecule has 0 heterocycles. The lowest BCUT2D eigenvalue weighted by molar-refractivity contribution is -0.166. The first-order valence-corrected chi connectivity index (χ1v) is 15.2. The number of hydrogen-bond donors (Lipinski definition) is 12. The molecule has 0 aromatic heterocycles. The Labute approximate surface area is 296 Å². The van der Waals surface area contributed by atoms with Crippen LogP contribution in [0.3, 0.4) is 0 Å². The Kier molecular flexibility index (Phi) is 23.7. The van der Waals surface area contributed by atoms with Gasteiger partial charge < -0.3 is 75.4 Å². The number of carbonyl (C=O) groups is 8. The van der Waals surface area contributed by atoms with Gasteiger partial charge in [0, 0.05) is 12.2 Å². The summed E-state index contributed by atoms with van der Waals surface area (Å²) in [6.45, 7) is 0.945. The number of nitrogens with two attached hydrogens (primary N) is 8. The number of phenols is 1. The zero-order chi connectivity index (χ0) is 40.0. The highest BCUT2D eigenvalue weighted by Crippen LogP contribution is 2.12. The number of primary amides is 2. The minimum Gasteiger partial charge on any atom is -0.508 e. The molecule has 0 aliphatic heterocycles. The summed E-state index contributed by atoms with van der Waals surface area (Å²) in [5, 5.41) is 25.8. The number of carboxylic acid groups (broad SMARTS) is 2. The lowest BCUT2D eigenvalue weighted by Crippen LogP contribution is -2.48. The van der Waals surface area contributed by atoms with Crippen LogP contribution in [-0.4, -0.2) is 118 Å². The van der Waals surface area contributed by atoms with Gasteiger partial charge in [0.15, 0.2) is 0 Å². The van der Waals surface area contributed by atoms with E-state index in [1.165, 1.54) is 19.1 Å². The Balaban J connectivity index is 0. The van der Waals surface area contributed by atoms with E-state index >= 15 is 0 Å². The molecule has 1 rings (SSSR count). The SMILES string of the molecule is C[C@@H](OC(=O)[C@@H](N)Cc1ccc(O)cc1)[C@H](N)C(=O)OC(=O)[C@@H](N)CC(N)=O.NC(=O)CC[C@H](N)C(=O)O.N[C@@H](COC(=O)[C@@H](N)CS)C(=O)O. The van der Waals surface area contributed by atoms with E-state index in [2.05, 4.69) is 22.1 Å². The number of aliphatic carboxylic acids is 2. The smallest absolute Gasteiger partial charge is 0.334 e. The van der Waals surface area contributed by atoms with Crippen molar-refractivity contribution >= 4 is 60.3 Å². The molecule has 0 aliphatic rings. The minimum absolute atomic E-state index is 0.0213. The molecule has 0 spiro atoms. The van der Waals surface area contributed by atoms with E-state index in [9.17, 15) is 43.5 Å². The molecular weight excluding hydrogens is 704 g/mol. The third-order valence-corrected chi connectivity index (χ3v) is 6.33. The van der Waals surface area contributed by atoms with E-state index in [1.54, 1.807) is 12.1 Å². The highest BCUT2D eigenvalue weighted by atomic mass is 32.1. The maximum Gasteiger partial charge on any atom is 0.334 e. The Hall–Kier alpha value is -4.91. The average molecular weight is 751 g/mol. The maximum absolute atomic E-state index is 12.1. The van der Waals surface area contributed by atoms with E-state index < -0.39 is 96.4 Å². The van der Waals surface area contributed by atoms with Crippen molar-refractivity contribution in [3.05, 3.63) is 29.8 Å². The van der Waals surface area contributed by atoms with Crippen LogP contribution in [0.25, 0.3) is 0 Å². The van der Waals surface area contributed by atoms with Crippen LogP contribution in [0.5, 0.6) is 5.75 Å². The lowest BCUT2D eigenvalue weighted by Gasteiger charge is -2.21. The minimum atomic E-state index is -1.48. The van der Waals surface area contributed by atoms with Crippen molar-refractivity contribution in [3.8, 4) is 5.75 Å². The van der Waals surface area contributed by atoms with Crippen molar-refractivity contribution in [2.75, 3.05) is 12.4 Å². The van der Waals surface area contributed by atoms with Gasteiger partial charge in [0.05, 0.1) is 6.42 Å². The van der Waals surface area contributed by atoms with Gasteiger partial charge in [0.1, 0.15) is 54.7 Å². The number of hydrogen-bond acceptors (Lipinski definition) is 19. The number of rotatable bonds is 18. The van der Waals surface area contributed by atoms with Crippen LogP contribution >= 0.6 is 12.6 Å². The largest absolute Gasteiger partial charge is 0.508 e. The number of phenolic OH excluding ortho intramolecular Hbond substituents is 1. The first-order chi connectivity index (χ1) is 23.5. The summed E-state index contributed by atoms with van der Waals surface area (Å²) in [6, 6.07) is -0.885. The molecule has 2 amide bonds. The van der Waals surface area contributed by atoms with Crippen LogP contribution in [0.4, 0.5) is 0 Å². The molecular formula is C28H46N8O14S. The second-order valence-electron chi connectivity index (χ2n) is 10.5. The standard InChI is InChI=1S/C17H24N4O7.C6H12N2O4S.C5H10N2O3/c1-8(14(21)17(26)28-16(25)12(19)7-13(20)23)27-15(24)11(18)6-9-2-4-10(22)5-3-9;7-3(5(9)10)1-12-6(11)4(8)2-13;6-3(5(9)10)1-2-4(7)8/h2-5,8,11-12,14,22H,6-7,18-19,21H2,1H3,(H2,20,23);3-4,13H,1-2,7-8H2,(H,9,10);3H,1-2,6H2,(H2,7,8)(H,9,10)/t8-,11+,12+,14+;3-,4-;3-/m100/s1. The highest BCUT2D eigenvalue weighted by Gasteiger charge is 2.31. The summed E-state index contributed by atoms with van der Waals surface area (Å²) in [7, 11) is 0. The Morgan fingerprint density at radius 1 is 0.706 bits per heavy atom. The van der Waals surface area contributed by atoms with Gasteiger partial charge in [-0.15, -0.1) is 0 Å². The fourth-order valence-electron chi connectivity index (χ4n) is 2.89. The number of esters is 4. The highest BCUT2D eigenvalue weighted by molar-refractivity contribution is 7.80. The Morgan fingerprint density at radius 2 is 1.24 bits per heavy atom. The molecule has 0 saturated carbocycles. The predicted molar refractivity (Wildman–Crippen MR) is 179 cm³/mol. The summed E-state index contributed by atoms with van der Waals surface area (Å²) in [4.78, 5) is 87.4. The molecule has 23 heteroatoms. The number of thiol groups is 1. The molecule has 0 bridgehead atoms. The molecule has 7 atom stereocenters. The summed E-state index contributed by atoms with van der Waals surface area (Å²) < 4.78 is 14.0. The van der Waals surface area contributed by atoms with Crippen molar-refractivity contribution in [1.29, 1.82) is 0 Å². The summed E-state index contributed by atoms with van der Waals surface area (Å²) >= 11 is 3.77. The van der Waals surface area contributed by atoms with Crippen molar-refractivity contribution < 1.29 is 67.9 Å². The van der Waals surface area contributed by atoms with Gasteiger partial charge in [0.2, 0.25) is 11.8 Å². The molecule has 22 nitrogen and oxygen atoms in total. The Bertz CT molecular complexity index is 1340. The van der Waals surface area contributed by atoms with Gasteiger partial charge in [-0.3, -0.25) is 28.8 Å². The monoisotopic (exact) mass is 750 g/mol. The van der Waals surface area contributed by atoms with E-state index in [-0.39, 0.29) is 37.4 Å². The van der Waals surface area contributed by atoms with E-state index in [0.29, 0.717) is 5.56 Å². The molecule has 19 N–H and O–H groups in total. The molecule has 0 saturated heterocycles. The molecule has 0 radical (unpaired) electrons. The molecule has 288 valence electrons. The summed E-state index contributed by atoms with van der Waals surface area (Å²) in [5.74, 6) is -7.38. The van der Waals surface area contributed by atoms with Gasteiger partial charge in [-0.1, -0.05) is 12.1 Å². The number of ether oxygens (including phenoxy) is 3. The Morgan fingerprint density at radius 3 is 1.69 bits per heavy atom. The fraction of sp³-hybridized carbons (Fsp3) is 0.500. The van der Waals surface area contributed by atoms with Crippen molar-refractivity contribution in [2.24, 2.45) is 45.9 Å². The summed E-state index contributed by atoms with van der Waals surface area (Å²) in [6.07, 6.45) is -1.40.